The highest BCUT2D eigenvalue weighted by atomic mass is 32.1. The van der Waals surface area contributed by atoms with Gasteiger partial charge in [-0.3, -0.25) is 4.79 Å². The average molecular weight is 304 g/mol. The van der Waals surface area contributed by atoms with Crippen LogP contribution in [0.3, 0.4) is 0 Å². The molecule has 0 radical (unpaired) electrons. The molecule has 1 amide bonds. The molecular formula is C16H20N2O2S. The van der Waals surface area contributed by atoms with E-state index in [1.165, 1.54) is 0 Å². The van der Waals surface area contributed by atoms with E-state index in [2.05, 4.69) is 10.3 Å². The van der Waals surface area contributed by atoms with Crippen molar-refractivity contribution < 1.29 is 9.53 Å². The van der Waals surface area contributed by atoms with Crippen LogP contribution in [0.25, 0.3) is 0 Å². The van der Waals surface area contributed by atoms with E-state index in [1.807, 2.05) is 36.6 Å². The Morgan fingerprint density at radius 1 is 1.43 bits per heavy atom. The van der Waals surface area contributed by atoms with Gasteiger partial charge in [-0.25, -0.2) is 4.98 Å². The third-order valence-corrected chi connectivity index (χ3v) is 4.20. The second-order valence-electron chi connectivity index (χ2n) is 4.71. The molecule has 1 atom stereocenters. The molecule has 0 aliphatic carbocycles. The molecule has 0 saturated heterocycles. The van der Waals surface area contributed by atoms with Crippen molar-refractivity contribution in [1.82, 2.24) is 10.3 Å². The lowest BCUT2D eigenvalue weighted by molar-refractivity contribution is -0.121. The number of para-hydroxylation sites is 1. The van der Waals surface area contributed by atoms with Crippen LogP contribution in [-0.4, -0.2) is 18.0 Å². The fourth-order valence-electron chi connectivity index (χ4n) is 2.17. The maximum Gasteiger partial charge on any atom is 0.220 e. The van der Waals surface area contributed by atoms with Gasteiger partial charge in [0, 0.05) is 18.0 Å². The summed E-state index contributed by atoms with van der Waals surface area (Å²) in [7, 11) is 1.65. The Balaban J connectivity index is 1.90. The monoisotopic (exact) mass is 304 g/mol. The summed E-state index contributed by atoms with van der Waals surface area (Å²) < 4.78 is 5.30. The molecule has 0 fully saturated rings. The van der Waals surface area contributed by atoms with Crippen molar-refractivity contribution in [3.63, 3.8) is 0 Å². The van der Waals surface area contributed by atoms with E-state index in [0.717, 1.165) is 22.7 Å². The molecule has 1 aromatic heterocycles. The number of amides is 1. The largest absolute Gasteiger partial charge is 0.496 e. The number of rotatable bonds is 7. The fraction of sp³-hybridized carbons (Fsp3) is 0.375. The van der Waals surface area contributed by atoms with Gasteiger partial charge in [0.2, 0.25) is 5.91 Å². The van der Waals surface area contributed by atoms with E-state index in [9.17, 15) is 4.79 Å². The first-order valence-corrected chi connectivity index (χ1v) is 7.93. The molecule has 112 valence electrons. The molecule has 0 aliphatic heterocycles. The van der Waals surface area contributed by atoms with Crippen LogP contribution in [0.1, 0.15) is 36.4 Å². The first-order valence-electron chi connectivity index (χ1n) is 7.05. The van der Waals surface area contributed by atoms with Gasteiger partial charge >= 0.3 is 0 Å². The van der Waals surface area contributed by atoms with Crippen LogP contribution >= 0.6 is 11.3 Å². The summed E-state index contributed by atoms with van der Waals surface area (Å²) in [6.45, 7) is 2.05. The van der Waals surface area contributed by atoms with Gasteiger partial charge in [0.05, 0.1) is 13.2 Å². The minimum atomic E-state index is 0.00942. The summed E-state index contributed by atoms with van der Waals surface area (Å²) in [6, 6.07) is 7.80. The van der Waals surface area contributed by atoms with Crippen LogP contribution in [0.15, 0.2) is 35.8 Å². The zero-order valence-electron chi connectivity index (χ0n) is 12.3. The van der Waals surface area contributed by atoms with Gasteiger partial charge in [0.1, 0.15) is 10.8 Å². The third kappa shape index (κ3) is 4.29. The lowest BCUT2D eigenvalue weighted by Gasteiger charge is -2.14. The number of aromatic nitrogens is 1. The number of ether oxygens (including phenoxy) is 1. The first-order chi connectivity index (χ1) is 10.2. The molecule has 0 unspecified atom stereocenters. The van der Waals surface area contributed by atoms with Gasteiger partial charge in [-0.15, -0.1) is 11.3 Å². The van der Waals surface area contributed by atoms with E-state index in [4.69, 9.17) is 4.74 Å². The predicted molar refractivity (Wildman–Crippen MR) is 84.6 cm³/mol. The summed E-state index contributed by atoms with van der Waals surface area (Å²) in [6.07, 6.45) is 3.73. The number of hydrogen-bond acceptors (Lipinski definition) is 4. The molecule has 0 aliphatic rings. The number of thiazole rings is 1. The number of benzene rings is 1. The Labute approximate surface area is 129 Å². The van der Waals surface area contributed by atoms with Crippen molar-refractivity contribution >= 4 is 17.2 Å². The highest BCUT2D eigenvalue weighted by molar-refractivity contribution is 7.09. The van der Waals surface area contributed by atoms with Crippen LogP contribution in [0, 0.1) is 0 Å². The lowest BCUT2D eigenvalue weighted by atomic mass is 10.1. The van der Waals surface area contributed by atoms with E-state index in [1.54, 1.807) is 24.6 Å². The van der Waals surface area contributed by atoms with Gasteiger partial charge in [-0.05, 0) is 24.5 Å². The topological polar surface area (TPSA) is 51.2 Å². The summed E-state index contributed by atoms with van der Waals surface area (Å²) in [5, 5.41) is 5.94. The van der Waals surface area contributed by atoms with Crippen LogP contribution in [0.2, 0.25) is 0 Å². The molecule has 0 spiro atoms. The zero-order chi connectivity index (χ0) is 15.1. The van der Waals surface area contributed by atoms with E-state index < -0.39 is 0 Å². The first kappa shape index (κ1) is 15.5. The van der Waals surface area contributed by atoms with Crippen LogP contribution < -0.4 is 10.1 Å². The minimum Gasteiger partial charge on any atom is -0.496 e. The van der Waals surface area contributed by atoms with Crippen molar-refractivity contribution in [2.45, 2.75) is 32.2 Å². The van der Waals surface area contributed by atoms with Crippen LogP contribution in [-0.2, 0) is 11.2 Å². The summed E-state index contributed by atoms with van der Waals surface area (Å²) in [4.78, 5) is 16.4. The van der Waals surface area contributed by atoms with Gasteiger partial charge in [0.15, 0.2) is 0 Å². The molecule has 2 rings (SSSR count). The number of carbonyl (C=O) groups is 1. The average Bonchev–Trinajstić information content (AvgIpc) is 3.05. The van der Waals surface area contributed by atoms with E-state index in [0.29, 0.717) is 12.8 Å². The molecule has 1 N–H and O–H groups in total. The van der Waals surface area contributed by atoms with Gasteiger partial charge in [-0.2, -0.15) is 0 Å². The molecule has 4 nitrogen and oxygen atoms in total. The summed E-state index contributed by atoms with van der Waals surface area (Å²) >= 11 is 1.57. The Kier molecular flexibility index (Phi) is 5.75. The van der Waals surface area contributed by atoms with E-state index >= 15 is 0 Å². The Morgan fingerprint density at radius 2 is 2.24 bits per heavy atom. The summed E-state index contributed by atoms with van der Waals surface area (Å²) in [5.74, 6) is 0.875. The Morgan fingerprint density at radius 3 is 2.90 bits per heavy atom. The normalized spacial score (nSPS) is 11.9. The number of nitrogens with one attached hydrogen (secondary N) is 1. The van der Waals surface area contributed by atoms with Crippen molar-refractivity contribution in [2.75, 3.05) is 7.11 Å². The number of methoxy groups -OCH3 is 1. The lowest BCUT2D eigenvalue weighted by Crippen LogP contribution is -2.28. The smallest absolute Gasteiger partial charge is 0.220 e. The van der Waals surface area contributed by atoms with Crippen molar-refractivity contribution in [2.24, 2.45) is 0 Å². The Bertz CT molecular complexity index is 569. The Hall–Kier alpha value is -1.88. The van der Waals surface area contributed by atoms with Gasteiger partial charge in [0.25, 0.3) is 0 Å². The second kappa shape index (κ2) is 7.78. The highest BCUT2D eigenvalue weighted by Gasteiger charge is 2.15. The quantitative estimate of drug-likeness (QED) is 0.853. The second-order valence-corrected chi connectivity index (χ2v) is 5.64. The highest BCUT2D eigenvalue weighted by Crippen LogP contribution is 2.21. The van der Waals surface area contributed by atoms with Crippen LogP contribution in [0.5, 0.6) is 5.75 Å². The molecular weight excluding hydrogens is 284 g/mol. The molecule has 2 aromatic rings. The van der Waals surface area contributed by atoms with Crippen LogP contribution in [0.4, 0.5) is 0 Å². The molecule has 0 saturated carbocycles. The molecule has 5 heteroatoms. The van der Waals surface area contributed by atoms with Crippen molar-refractivity contribution in [1.29, 1.82) is 0 Å². The predicted octanol–water partition coefficient (Wildman–Crippen LogP) is 3.35. The molecule has 0 bridgehead atoms. The fourth-order valence-corrected chi connectivity index (χ4v) is 2.94. The van der Waals surface area contributed by atoms with Gasteiger partial charge in [-0.1, -0.05) is 25.1 Å². The minimum absolute atomic E-state index is 0.00942. The zero-order valence-corrected chi connectivity index (χ0v) is 13.2. The SMILES string of the molecule is CC[C@@H](NC(=O)CCc1ccccc1OC)c1nccs1. The summed E-state index contributed by atoms with van der Waals surface area (Å²) in [5.41, 5.74) is 1.05. The van der Waals surface area contributed by atoms with E-state index in [-0.39, 0.29) is 11.9 Å². The maximum atomic E-state index is 12.1. The van der Waals surface area contributed by atoms with Crippen molar-refractivity contribution in [3.8, 4) is 5.75 Å². The number of carbonyl (C=O) groups excluding carboxylic acids is 1. The molecule has 1 heterocycles. The molecule has 1 aromatic carbocycles. The number of hydrogen-bond donors (Lipinski definition) is 1. The molecule has 21 heavy (non-hydrogen) atoms. The van der Waals surface area contributed by atoms with Crippen molar-refractivity contribution in [3.05, 3.63) is 46.4 Å². The number of nitrogens with zero attached hydrogens (tertiary/aromatic N) is 1. The standard InChI is InChI=1S/C16H20N2O2S/c1-3-13(16-17-10-11-21-16)18-15(19)9-8-12-6-4-5-7-14(12)20-2/h4-7,10-11,13H,3,8-9H2,1-2H3,(H,18,19)/t13-/m1/s1. The maximum absolute atomic E-state index is 12.1. The third-order valence-electron chi connectivity index (χ3n) is 3.31. The van der Waals surface area contributed by atoms with Gasteiger partial charge < -0.3 is 10.1 Å². The number of aryl methyl sites for hydroxylation is 1.